The molecule has 0 atom stereocenters. The van der Waals surface area contributed by atoms with E-state index in [1.165, 1.54) is 0 Å². The summed E-state index contributed by atoms with van der Waals surface area (Å²) in [5, 5.41) is 8.89. The molecule has 0 spiro atoms. The predicted molar refractivity (Wildman–Crippen MR) is 17.4 cm³/mol. The maximum atomic E-state index is 8.89. The molecule has 0 saturated heterocycles. The SMILES string of the molecule is O=[N+]([O-])[Hg].S. The van der Waals surface area contributed by atoms with Crippen molar-refractivity contribution in [2.24, 2.45) is 0 Å². The van der Waals surface area contributed by atoms with Crippen LogP contribution in [0.4, 0.5) is 0 Å². The topological polar surface area (TPSA) is 43.1 Å². The number of hydrogen-bond donors (Lipinski definition) is 0. The molecule has 0 bridgehead atoms. The second-order valence-electron chi connectivity index (χ2n) is 0.333. The van der Waals surface area contributed by atoms with Crippen molar-refractivity contribution in [3.8, 4) is 0 Å². The van der Waals surface area contributed by atoms with Gasteiger partial charge in [-0.2, -0.15) is 13.5 Å². The largest absolute Gasteiger partial charge is 0.197 e. The van der Waals surface area contributed by atoms with E-state index in [1.807, 2.05) is 0 Å². The van der Waals surface area contributed by atoms with Crippen molar-refractivity contribution < 1.29 is 29.1 Å². The summed E-state index contributed by atoms with van der Waals surface area (Å²) < 4.78 is -0.306. The van der Waals surface area contributed by atoms with Crippen LogP contribution in [0.25, 0.3) is 0 Å². The molecule has 0 amide bonds. The van der Waals surface area contributed by atoms with Crippen molar-refractivity contribution in [1.82, 2.24) is 0 Å². The molecule has 5 heavy (non-hydrogen) atoms. The van der Waals surface area contributed by atoms with Crippen molar-refractivity contribution >= 4 is 13.5 Å². The number of hydrogen-bond acceptors (Lipinski definition) is 2. The molecule has 27 valence electrons. The van der Waals surface area contributed by atoms with Crippen LogP contribution in [0.3, 0.4) is 0 Å². The summed E-state index contributed by atoms with van der Waals surface area (Å²) >= 11 is -0.256. The van der Waals surface area contributed by atoms with Gasteiger partial charge in [-0.3, -0.25) is 0 Å². The Kier molecular flexibility index (Phi) is 8.61. The average Bonchev–Trinajstić information content (AvgIpc) is 0.811. The van der Waals surface area contributed by atoms with Crippen molar-refractivity contribution in [3.63, 3.8) is 0 Å². The van der Waals surface area contributed by atoms with Gasteiger partial charge in [-0.1, -0.05) is 0 Å². The number of nitrogens with zero attached hydrogens (tertiary/aromatic N) is 1. The molecular formula is H2HgNO2S. The molecule has 0 aliphatic rings. The number of rotatable bonds is 0. The smallest absolute Gasteiger partial charge is 0.197 e. The second-order valence-corrected chi connectivity index (χ2v) is 2.34. The molecule has 3 nitrogen and oxygen atoms in total. The zero-order valence-corrected chi connectivity index (χ0v) is 8.97. The Morgan fingerprint density at radius 3 is 1.80 bits per heavy atom. The molecular weight excluding hydrogens is 279 g/mol. The van der Waals surface area contributed by atoms with Gasteiger partial charge in [0.15, 0.2) is 0 Å². The van der Waals surface area contributed by atoms with Crippen molar-refractivity contribution in [1.29, 1.82) is 0 Å². The van der Waals surface area contributed by atoms with Gasteiger partial charge in [-0.05, 0) is 0 Å². The van der Waals surface area contributed by atoms with Gasteiger partial charge < -0.3 is 0 Å². The predicted octanol–water partition coefficient (Wildman–Crippen LogP) is -0.162. The maximum absolute atomic E-state index is 8.89. The Morgan fingerprint density at radius 1 is 1.80 bits per heavy atom. The van der Waals surface area contributed by atoms with Crippen LogP contribution in [0, 0.1) is 10.1 Å². The molecule has 0 saturated carbocycles. The van der Waals surface area contributed by atoms with Crippen LogP contribution in [0.15, 0.2) is 0 Å². The molecule has 0 N–H and O–H groups in total. The molecule has 0 rings (SSSR count). The van der Waals surface area contributed by atoms with Crippen LogP contribution in [-0.2, 0) is 26.4 Å². The van der Waals surface area contributed by atoms with Gasteiger partial charge in [-0.25, -0.2) is 0 Å². The standard InChI is InChI=1S/Hg.NO2.H2S/c;2-1-3;/h;;1H2. The monoisotopic (exact) mass is 282 g/mol. The third-order valence-electron chi connectivity index (χ3n) is 0. The van der Waals surface area contributed by atoms with E-state index in [9.17, 15) is 0 Å². The van der Waals surface area contributed by atoms with Crippen molar-refractivity contribution in [3.05, 3.63) is 10.1 Å². The molecule has 0 heterocycles. The van der Waals surface area contributed by atoms with Gasteiger partial charge in [0.2, 0.25) is 0 Å². The molecule has 0 aromatic carbocycles. The van der Waals surface area contributed by atoms with Gasteiger partial charge in [0.05, 0.1) is 0 Å². The summed E-state index contributed by atoms with van der Waals surface area (Å²) in [6.07, 6.45) is 0. The van der Waals surface area contributed by atoms with Gasteiger partial charge in [0, 0.05) is 0 Å². The summed E-state index contributed by atoms with van der Waals surface area (Å²) in [6, 6.07) is 0. The second kappa shape index (κ2) is 4.69. The third-order valence-corrected chi connectivity index (χ3v) is 0. The van der Waals surface area contributed by atoms with Crippen molar-refractivity contribution in [2.45, 2.75) is 0 Å². The molecule has 5 heteroatoms. The van der Waals surface area contributed by atoms with E-state index in [-0.39, 0.29) is 42.6 Å². The van der Waals surface area contributed by atoms with Crippen LogP contribution in [0.5, 0.6) is 0 Å². The first-order valence-electron chi connectivity index (χ1n) is 0.681. The average molecular weight is 281 g/mol. The fourth-order valence-electron chi connectivity index (χ4n) is 0. The van der Waals surface area contributed by atoms with E-state index in [2.05, 4.69) is 0 Å². The van der Waals surface area contributed by atoms with E-state index < -0.39 is 0 Å². The summed E-state index contributed by atoms with van der Waals surface area (Å²) in [7, 11) is 0. The Hall–Kier alpha value is 0.685. The van der Waals surface area contributed by atoms with Crippen LogP contribution in [0.2, 0.25) is 0 Å². The molecule has 0 unspecified atom stereocenters. The zero-order valence-electron chi connectivity index (χ0n) is 2.47. The Labute approximate surface area is 52.7 Å². The molecule has 0 aromatic rings. The van der Waals surface area contributed by atoms with Crippen LogP contribution < -0.4 is 0 Å². The van der Waals surface area contributed by atoms with Gasteiger partial charge in [0.1, 0.15) is 0 Å². The van der Waals surface area contributed by atoms with E-state index in [1.54, 1.807) is 0 Å². The van der Waals surface area contributed by atoms with Crippen LogP contribution >= 0.6 is 13.5 Å². The van der Waals surface area contributed by atoms with E-state index >= 15 is 0 Å². The Morgan fingerprint density at radius 2 is 1.80 bits per heavy atom. The van der Waals surface area contributed by atoms with E-state index in [4.69, 9.17) is 10.1 Å². The minimum atomic E-state index is -0.306. The first kappa shape index (κ1) is 9.19. The quantitative estimate of drug-likeness (QED) is 0.351. The fraction of sp³-hybridized carbons (Fsp3) is 0. The fourth-order valence-corrected chi connectivity index (χ4v) is 0. The normalized spacial score (nSPS) is 5.20. The van der Waals surface area contributed by atoms with Gasteiger partial charge >= 0.3 is 39.2 Å². The zero-order chi connectivity index (χ0) is 3.58. The molecule has 0 radical (unpaired) electrons. The first-order valence-corrected chi connectivity index (χ1v) is 3.14. The summed E-state index contributed by atoms with van der Waals surface area (Å²) in [6.45, 7) is 0. The minimum Gasteiger partial charge on any atom is -0.197 e. The summed E-state index contributed by atoms with van der Waals surface area (Å²) in [5.74, 6) is 0. The number of nitro groups is 1. The van der Waals surface area contributed by atoms with E-state index in [0.717, 1.165) is 0 Å². The van der Waals surface area contributed by atoms with E-state index in [0.29, 0.717) is 0 Å². The third kappa shape index (κ3) is 72.0. The van der Waals surface area contributed by atoms with Crippen LogP contribution in [-0.4, -0.2) is 2.69 Å². The Bertz CT molecular complexity index is 32.6. The van der Waals surface area contributed by atoms with Crippen LogP contribution in [0.1, 0.15) is 0 Å². The van der Waals surface area contributed by atoms with Gasteiger partial charge in [0.25, 0.3) is 0 Å². The summed E-state index contributed by atoms with van der Waals surface area (Å²) in [5.41, 5.74) is 0. The summed E-state index contributed by atoms with van der Waals surface area (Å²) in [4.78, 5) is 8.89. The maximum Gasteiger partial charge on any atom is -0.197 e. The molecule has 0 aliphatic carbocycles. The van der Waals surface area contributed by atoms with Gasteiger partial charge in [-0.15, -0.1) is 0 Å². The Balaban J connectivity index is 0. The molecule has 0 fully saturated rings. The molecule has 0 aromatic heterocycles. The minimum absolute atomic E-state index is 0. The molecule has 0 aliphatic heterocycles. The van der Waals surface area contributed by atoms with Crippen molar-refractivity contribution in [2.75, 3.05) is 0 Å². The first-order chi connectivity index (χ1) is 1.73.